The first kappa shape index (κ1) is 16.0. The van der Waals surface area contributed by atoms with Gasteiger partial charge in [0.05, 0.1) is 7.11 Å². The zero-order chi connectivity index (χ0) is 15.2. The van der Waals surface area contributed by atoms with Crippen molar-refractivity contribution >= 4 is 15.9 Å². The molecule has 0 saturated carbocycles. The summed E-state index contributed by atoms with van der Waals surface area (Å²) in [5, 5.41) is 0.722. The number of hydrogen-bond acceptors (Lipinski definition) is 1. The van der Waals surface area contributed by atoms with Gasteiger partial charge in [-0.2, -0.15) is 0 Å². The third-order valence-electron chi connectivity index (χ3n) is 3.42. The molecule has 0 aromatic heterocycles. The fraction of sp³-hybridized carbons (Fsp3) is 0.294. The van der Waals surface area contributed by atoms with Crippen molar-refractivity contribution in [3.05, 3.63) is 65.2 Å². The number of rotatable bonds is 6. The van der Waals surface area contributed by atoms with Crippen molar-refractivity contribution in [1.82, 2.24) is 0 Å². The standard InChI is InChI=1S/C17H17BrF2O/c1-21-15-6-2-4-12(10-15)8-13(11-18)9-14-5-3-7-16(19)17(14)20/h2-7,10,13H,8-9,11H2,1H3. The molecule has 0 aliphatic heterocycles. The van der Waals surface area contributed by atoms with Crippen LogP contribution < -0.4 is 4.74 Å². The van der Waals surface area contributed by atoms with Crippen LogP contribution >= 0.6 is 15.9 Å². The average Bonchev–Trinajstić information content (AvgIpc) is 2.51. The number of methoxy groups -OCH3 is 1. The van der Waals surface area contributed by atoms with Crippen molar-refractivity contribution < 1.29 is 13.5 Å². The Morgan fingerprint density at radius 1 is 1.10 bits per heavy atom. The molecule has 1 unspecified atom stereocenters. The number of alkyl halides is 1. The summed E-state index contributed by atoms with van der Waals surface area (Å²) in [6.07, 6.45) is 1.27. The topological polar surface area (TPSA) is 9.23 Å². The SMILES string of the molecule is COc1cccc(CC(CBr)Cc2cccc(F)c2F)c1. The summed E-state index contributed by atoms with van der Waals surface area (Å²) in [4.78, 5) is 0. The minimum Gasteiger partial charge on any atom is -0.497 e. The quantitative estimate of drug-likeness (QED) is 0.679. The van der Waals surface area contributed by atoms with E-state index in [1.807, 2.05) is 24.3 Å². The van der Waals surface area contributed by atoms with E-state index in [1.54, 1.807) is 19.2 Å². The number of hydrogen-bond donors (Lipinski definition) is 0. The van der Waals surface area contributed by atoms with Crippen LogP contribution in [0.3, 0.4) is 0 Å². The molecule has 1 atom stereocenters. The first-order valence-electron chi connectivity index (χ1n) is 6.75. The summed E-state index contributed by atoms with van der Waals surface area (Å²) in [5.74, 6) is -0.539. The number of benzene rings is 2. The molecule has 0 aliphatic rings. The predicted octanol–water partition coefficient (Wildman–Crippen LogP) is 4.77. The van der Waals surface area contributed by atoms with Gasteiger partial charge in [0.1, 0.15) is 5.75 Å². The third-order valence-corrected chi connectivity index (χ3v) is 4.33. The Bertz CT molecular complexity index is 601. The minimum atomic E-state index is -0.790. The molecule has 0 bridgehead atoms. The lowest BCUT2D eigenvalue weighted by Crippen LogP contribution is -2.11. The second kappa shape index (κ2) is 7.55. The van der Waals surface area contributed by atoms with E-state index in [2.05, 4.69) is 15.9 Å². The molecule has 0 aliphatic carbocycles. The Kier molecular flexibility index (Phi) is 5.74. The van der Waals surface area contributed by atoms with Gasteiger partial charge in [0, 0.05) is 5.33 Å². The van der Waals surface area contributed by atoms with E-state index in [0.29, 0.717) is 12.0 Å². The Hall–Kier alpha value is -1.42. The fourth-order valence-electron chi connectivity index (χ4n) is 2.33. The Morgan fingerprint density at radius 2 is 1.86 bits per heavy atom. The van der Waals surface area contributed by atoms with Crippen LogP contribution in [0.4, 0.5) is 8.78 Å². The molecule has 0 saturated heterocycles. The van der Waals surface area contributed by atoms with Crippen LogP contribution in [0.2, 0.25) is 0 Å². The summed E-state index contributed by atoms with van der Waals surface area (Å²) in [7, 11) is 1.63. The lowest BCUT2D eigenvalue weighted by molar-refractivity contribution is 0.413. The first-order chi connectivity index (χ1) is 10.1. The molecule has 2 aromatic carbocycles. The van der Waals surface area contributed by atoms with Gasteiger partial charge in [-0.25, -0.2) is 8.78 Å². The van der Waals surface area contributed by atoms with Crippen LogP contribution in [0.15, 0.2) is 42.5 Å². The van der Waals surface area contributed by atoms with E-state index < -0.39 is 11.6 Å². The highest BCUT2D eigenvalue weighted by Crippen LogP contribution is 2.22. The van der Waals surface area contributed by atoms with Crippen molar-refractivity contribution in [2.24, 2.45) is 5.92 Å². The van der Waals surface area contributed by atoms with Gasteiger partial charge in [-0.05, 0) is 48.1 Å². The van der Waals surface area contributed by atoms with Crippen LogP contribution in [0, 0.1) is 17.6 Å². The maximum Gasteiger partial charge on any atom is 0.162 e. The van der Waals surface area contributed by atoms with Gasteiger partial charge >= 0.3 is 0 Å². The largest absolute Gasteiger partial charge is 0.497 e. The molecule has 0 spiro atoms. The van der Waals surface area contributed by atoms with E-state index in [0.717, 1.165) is 29.1 Å². The molecule has 2 aromatic rings. The van der Waals surface area contributed by atoms with E-state index >= 15 is 0 Å². The maximum absolute atomic E-state index is 13.7. The van der Waals surface area contributed by atoms with Crippen LogP contribution in [0.1, 0.15) is 11.1 Å². The molecule has 4 heteroatoms. The first-order valence-corrected chi connectivity index (χ1v) is 7.88. The zero-order valence-electron chi connectivity index (χ0n) is 11.8. The van der Waals surface area contributed by atoms with Crippen LogP contribution in [-0.2, 0) is 12.8 Å². The van der Waals surface area contributed by atoms with Gasteiger partial charge in [-0.1, -0.05) is 40.2 Å². The fourth-order valence-corrected chi connectivity index (χ4v) is 2.79. The molecular weight excluding hydrogens is 338 g/mol. The minimum absolute atomic E-state index is 0.188. The van der Waals surface area contributed by atoms with Gasteiger partial charge in [0.2, 0.25) is 0 Å². The summed E-state index contributed by atoms with van der Waals surface area (Å²) in [6, 6.07) is 12.1. The molecular formula is C17H17BrF2O. The van der Waals surface area contributed by atoms with E-state index in [9.17, 15) is 8.78 Å². The summed E-state index contributed by atoms with van der Waals surface area (Å²) in [5.41, 5.74) is 1.54. The molecule has 0 fully saturated rings. The van der Waals surface area contributed by atoms with Gasteiger partial charge in [0.25, 0.3) is 0 Å². The number of halogens is 3. The highest BCUT2D eigenvalue weighted by molar-refractivity contribution is 9.09. The van der Waals surface area contributed by atoms with Crippen molar-refractivity contribution in [1.29, 1.82) is 0 Å². The molecule has 2 rings (SSSR count). The lowest BCUT2D eigenvalue weighted by Gasteiger charge is -2.15. The van der Waals surface area contributed by atoms with Crippen LogP contribution in [0.25, 0.3) is 0 Å². The van der Waals surface area contributed by atoms with E-state index in [-0.39, 0.29) is 5.92 Å². The zero-order valence-corrected chi connectivity index (χ0v) is 13.4. The smallest absolute Gasteiger partial charge is 0.162 e. The molecule has 0 heterocycles. The second-order valence-corrected chi connectivity index (χ2v) is 5.64. The Balaban J connectivity index is 2.11. The van der Waals surface area contributed by atoms with Gasteiger partial charge < -0.3 is 4.74 Å². The normalized spacial score (nSPS) is 12.2. The summed E-state index contributed by atoms with van der Waals surface area (Å²) < 4.78 is 32.2. The summed E-state index contributed by atoms with van der Waals surface area (Å²) >= 11 is 3.46. The molecule has 0 radical (unpaired) electrons. The third kappa shape index (κ3) is 4.27. The van der Waals surface area contributed by atoms with Crippen molar-refractivity contribution in [2.45, 2.75) is 12.8 Å². The molecule has 21 heavy (non-hydrogen) atoms. The van der Waals surface area contributed by atoms with Gasteiger partial charge in [0.15, 0.2) is 11.6 Å². The van der Waals surface area contributed by atoms with Crippen LogP contribution in [-0.4, -0.2) is 12.4 Å². The highest BCUT2D eigenvalue weighted by Gasteiger charge is 2.14. The van der Waals surface area contributed by atoms with Crippen molar-refractivity contribution in [3.63, 3.8) is 0 Å². The van der Waals surface area contributed by atoms with Crippen molar-refractivity contribution in [2.75, 3.05) is 12.4 Å². The monoisotopic (exact) mass is 354 g/mol. The van der Waals surface area contributed by atoms with Crippen LogP contribution in [0.5, 0.6) is 5.75 Å². The highest BCUT2D eigenvalue weighted by atomic mass is 79.9. The molecule has 0 amide bonds. The molecule has 112 valence electrons. The van der Waals surface area contributed by atoms with Gasteiger partial charge in [-0.15, -0.1) is 0 Å². The average molecular weight is 355 g/mol. The maximum atomic E-state index is 13.7. The predicted molar refractivity (Wildman–Crippen MR) is 84.0 cm³/mol. The summed E-state index contributed by atoms with van der Waals surface area (Å²) in [6.45, 7) is 0. The number of ether oxygens (including phenoxy) is 1. The lowest BCUT2D eigenvalue weighted by atomic mass is 9.94. The van der Waals surface area contributed by atoms with E-state index in [1.165, 1.54) is 0 Å². The Morgan fingerprint density at radius 3 is 2.57 bits per heavy atom. The molecule has 0 N–H and O–H groups in total. The van der Waals surface area contributed by atoms with Gasteiger partial charge in [-0.3, -0.25) is 0 Å². The second-order valence-electron chi connectivity index (χ2n) is 4.99. The Labute approximate surface area is 132 Å². The van der Waals surface area contributed by atoms with E-state index in [4.69, 9.17) is 4.74 Å². The molecule has 1 nitrogen and oxygen atoms in total. The van der Waals surface area contributed by atoms with Crippen molar-refractivity contribution in [3.8, 4) is 5.75 Å².